The first-order valence-electron chi connectivity index (χ1n) is 6.47. The van der Waals surface area contributed by atoms with E-state index in [1.807, 2.05) is 6.92 Å². The highest BCUT2D eigenvalue weighted by Gasteiger charge is 2.22. The van der Waals surface area contributed by atoms with Gasteiger partial charge in [0.2, 0.25) is 10.0 Å². The van der Waals surface area contributed by atoms with Crippen LogP contribution in [-0.2, 0) is 10.0 Å². The molecule has 0 radical (unpaired) electrons. The van der Waals surface area contributed by atoms with Gasteiger partial charge >= 0.3 is 0 Å². The molecule has 0 aliphatic carbocycles. The van der Waals surface area contributed by atoms with Gasteiger partial charge < -0.3 is 5.11 Å². The Morgan fingerprint density at radius 1 is 1.25 bits per heavy atom. The summed E-state index contributed by atoms with van der Waals surface area (Å²) < 4.78 is 27.0. The second-order valence-corrected chi connectivity index (χ2v) is 7.09. The van der Waals surface area contributed by atoms with E-state index in [0.29, 0.717) is 6.42 Å². The number of halogens is 2. The average molecular weight is 340 g/mol. The minimum atomic E-state index is -3.75. The summed E-state index contributed by atoms with van der Waals surface area (Å²) in [6, 6.07) is 4.56. The smallest absolute Gasteiger partial charge is 0.243 e. The number of hydrogen-bond acceptors (Lipinski definition) is 3. The van der Waals surface area contributed by atoms with Gasteiger partial charge in [-0.05, 0) is 30.9 Å². The van der Waals surface area contributed by atoms with Gasteiger partial charge in [-0.25, -0.2) is 13.1 Å². The maximum Gasteiger partial charge on any atom is 0.243 e. The zero-order chi connectivity index (χ0) is 15.2. The van der Waals surface area contributed by atoms with Crippen molar-refractivity contribution in [1.29, 1.82) is 0 Å². The van der Waals surface area contributed by atoms with Crippen LogP contribution in [0, 0.1) is 5.92 Å². The summed E-state index contributed by atoms with van der Waals surface area (Å²) in [5.74, 6) is 0.0982. The number of hydrogen-bond donors (Lipinski definition) is 2. The first-order chi connectivity index (χ1) is 9.42. The van der Waals surface area contributed by atoms with Crippen molar-refractivity contribution in [3.05, 3.63) is 28.2 Å². The molecule has 0 fully saturated rings. The second-order valence-electron chi connectivity index (χ2n) is 4.57. The summed E-state index contributed by atoms with van der Waals surface area (Å²) in [6.07, 6.45) is 2.34. The zero-order valence-electron chi connectivity index (χ0n) is 11.3. The third kappa shape index (κ3) is 4.90. The topological polar surface area (TPSA) is 66.4 Å². The SMILES string of the molecule is CCCC(CCO)CNS(=O)(=O)c1c(Cl)cccc1Cl. The van der Waals surface area contributed by atoms with Crippen LogP contribution in [0.4, 0.5) is 0 Å². The lowest BCUT2D eigenvalue weighted by Crippen LogP contribution is -2.30. The fourth-order valence-electron chi connectivity index (χ4n) is 1.98. The second kappa shape index (κ2) is 8.20. The van der Waals surface area contributed by atoms with Crippen LogP contribution in [0.2, 0.25) is 10.0 Å². The molecule has 1 aromatic rings. The lowest BCUT2D eigenvalue weighted by Gasteiger charge is -2.16. The number of benzene rings is 1. The summed E-state index contributed by atoms with van der Waals surface area (Å²) in [4.78, 5) is -0.0948. The van der Waals surface area contributed by atoms with Gasteiger partial charge in [0, 0.05) is 13.2 Å². The molecule has 1 aromatic carbocycles. The predicted molar refractivity (Wildman–Crippen MR) is 81.8 cm³/mol. The molecule has 0 aromatic heterocycles. The van der Waals surface area contributed by atoms with Gasteiger partial charge in [0.05, 0.1) is 10.0 Å². The standard InChI is InChI=1S/C13H19Cl2NO3S/c1-2-4-10(7-8-17)9-16-20(18,19)13-11(14)5-3-6-12(13)15/h3,5-6,10,16-17H,2,4,7-9H2,1H3. The Balaban J connectivity index is 2.84. The van der Waals surface area contributed by atoms with E-state index in [-0.39, 0.29) is 34.0 Å². The van der Waals surface area contributed by atoms with Crippen LogP contribution >= 0.6 is 23.2 Å². The zero-order valence-corrected chi connectivity index (χ0v) is 13.6. The summed E-state index contributed by atoms with van der Waals surface area (Å²) in [6.45, 7) is 2.32. The summed E-state index contributed by atoms with van der Waals surface area (Å²) in [5, 5.41) is 9.17. The average Bonchev–Trinajstić information content (AvgIpc) is 2.36. The molecule has 1 rings (SSSR count). The molecule has 0 aliphatic heterocycles. The Kier molecular flexibility index (Phi) is 7.26. The Hall–Kier alpha value is -0.330. The van der Waals surface area contributed by atoms with Gasteiger partial charge in [-0.3, -0.25) is 0 Å². The van der Waals surface area contributed by atoms with Crippen molar-refractivity contribution in [3.63, 3.8) is 0 Å². The predicted octanol–water partition coefficient (Wildman–Crippen LogP) is 3.07. The number of nitrogens with one attached hydrogen (secondary N) is 1. The Bertz CT molecular complexity index is 508. The molecule has 0 spiro atoms. The van der Waals surface area contributed by atoms with E-state index in [0.717, 1.165) is 12.8 Å². The number of aliphatic hydroxyl groups is 1. The minimum absolute atomic E-state index is 0.0409. The van der Waals surface area contributed by atoms with Gasteiger partial charge in [-0.1, -0.05) is 42.6 Å². The van der Waals surface area contributed by atoms with Crippen LogP contribution in [0.3, 0.4) is 0 Å². The van der Waals surface area contributed by atoms with E-state index in [1.165, 1.54) is 12.1 Å². The van der Waals surface area contributed by atoms with Gasteiger partial charge in [0.15, 0.2) is 0 Å². The Labute approximate surface area is 130 Å². The van der Waals surface area contributed by atoms with E-state index in [1.54, 1.807) is 6.07 Å². The van der Waals surface area contributed by atoms with Crippen molar-refractivity contribution < 1.29 is 13.5 Å². The van der Waals surface area contributed by atoms with E-state index in [9.17, 15) is 8.42 Å². The molecular formula is C13H19Cl2NO3S. The monoisotopic (exact) mass is 339 g/mol. The molecule has 114 valence electrons. The fourth-order valence-corrected chi connectivity index (χ4v) is 4.23. The molecule has 0 saturated heterocycles. The maximum absolute atomic E-state index is 12.2. The van der Waals surface area contributed by atoms with Crippen molar-refractivity contribution >= 4 is 33.2 Å². The molecule has 0 aliphatic rings. The quantitative estimate of drug-likeness (QED) is 0.764. The molecular weight excluding hydrogens is 321 g/mol. The van der Waals surface area contributed by atoms with E-state index >= 15 is 0 Å². The Morgan fingerprint density at radius 3 is 2.35 bits per heavy atom. The first-order valence-corrected chi connectivity index (χ1v) is 8.70. The van der Waals surface area contributed by atoms with Gasteiger partial charge in [0.1, 0.15) is 4.90 Å². The first kappa shape index (κ1) is 17.7. The molecule has 4 nitrogen and oxygen atoms in total. The molecule has 20 heavy (non-hydrogen) atoms. The lowest BCUT2D eigenvalue weighted by atomic mass is 10.0. The molecule has 1 unspecified atom stereocenters. The van der Waals surface area contributed by atoms with Crippen molar-refractivity contribution in [2.75, 3.05) is 13.2 Å². The van der Waals surface area contributed by atoms with Crippen molar-refractivity contribution in [3.8, 4) is 0 Å². The normalized spacial score (nSPS) is 13.4. The maximum atomic E-state index is 12.2. The van der Waals surface area contributed by atoms with Crippen molar-refractivity contribution in [2.24, 2.45) is 5.92 Å². The molecule has 7 heteroatoms. The molecule has 0 amide bonds. The van der Waals surface area contributed by atoms with Crippen LogP contribution in [-0.4, -0.2) is 26.7 Å². The third-order valence-corrected chi connectivity index (χ3v) is 5.36. The highest BCUT2D eigenvalue weighted by atomic mass is 35.5. The van der Waals surface area contributed by atoms with Crippen molar-refractivity contribution in [1.82, 2.24) is 4.72 Å². The highest BCUT2D eigenvalue weighted by molar-refractivity contribution is 7.89. The van der Waals surface area contributed by atoms with Gasteiger partial charge in [-0.15, -0.1) is 0 Å². The third-order valence-electron chi connectivity index (χ3n) is 2.98. The largest absolute Gasteiger partial charge is 0.396 e. The van der Waals surface area contributed by atoms with Crippen LogP contribution in [0.5, 0.6) is 0 Å². The van der Waals surface area contributed by atoms with Gasteiger partial charge in [-0.2, -0.15) is 0 Å². The van der Waals surface area contributed by atoms with Crippen LogP contribution < -0.4 is 4.72 Å². The number of rotatable bonds is 8. The Morgan fingerprint density at radius 2 is 1.85 bits per heavy atom. The molecule has 2 N–H and O–H groups in total. The van der Waals surface area contributed by atoms with E-state index in [2.05, 4.69) is 4.72 Å². The highest BCUT2D eigenvalue weighted by Crippen LogP contribution is 2.28. The summed E-state index contributed by atoms with van der Waals surface area (Å²) in [7, 11) is -3.75. The van der Waals surface area contributed by atoms with Crippen LogP contribution in [0.1, 0.15) is 26.2 Å². The summed E-state index contributed by atoms with van der Waals surface area (Å²) in [5.41, 5.74) is 0. The van der Waals surface area contributed by atoms with E-state index < -0.39 is 10.0 Å². The summed E-state index contributed by atoms with van der Waals surface area (Å²) >= 11 is 11.8. The van der Waals surface area contributed by atoms with Crippen molar-refractivity contribution in [2.45, 2.75) is 31.1 Å². The lowest BCUT2D eigenvalue weighted by molar-refractivity contribution is 0.251. The van der Waals surface area contributed by atoms with E-state index in [4.69, 9.17) is 28.3 Å². The fraction of sp³-hybridized carbons (Fsp3) is 0.538. The minimum Gasteiger partial charge on any atom is -0.396 e. The molecule has 0 saturated carbocycles. The molecule has 0 bridgehead atoms. The van der Waals surface area contributed by atoms with Gasteiger partial charge in [0.25, 0.3) is 0 Å². The van der Waals surface area contributed by atoms with Crippen LogP contribution in [0.25, 0.3) is 0 Å². The molecule has 0 heterocycles. The number of aliphatic hydroxyl groups excluding tert-OH is 1. The molecule has 1 atom stereocenters. The number of sulfonamides is 1. The van der Waals surface area contributed by atoms with Crippen LogP contribution in [0.15, 0.2) is 23.1 Å².